The Balaban J connectivity index is 1.60. The van der Waals surface area contributed by atoms with Gasteiger partial charge in [0, 0.05) is 11.3 Å². The van der Waals surface area contributed by atoms with Gasteiger partial charge >= 0.3 is 0 Å². The molecule has 4 aliphatic rings. The minimum atomic E-state index is -0.616. The molecule has 2 amide bonds. The van der Waals surface area contributed by atoms with Crippen LogP contribution in [0.5, 0.6) is 0 Å². The average Bonchev–Trinajstić information content (AvgIpc) is 3.00. The maximum Gasteiger partial charge on any atom is 0.244 e. The molecule has 6 nitrogen and oxygen atoms in total. The second-order valence-corrected chi connectivity index (χ2v) is 11.1. The lowest BCUT2D eigenvalue weighted by molar-refractivity contribution is -0.142. The van der Waals surface area contributed by atoms with E-state index in [1.165, 1.54) is 0 Å². The summed E-state index contributed by atoms with van der Waals surface area (Å²) in [5, 5.41) is 26.5. The van der Waals surface area contributed by atoms with Crippen molar-refractivity contribution in [1.29, 1.82) is 0 Å². The summed E-state index contributed by atoms with van der Waals surface area (Å²) in [5.74, 6) is 1.04. The Morgan fingerprint density at radius 3 is 2.69 bits per heavy atom. The Morgan fingerprint density at radius 1 is 1.28 bits per heavy atom. The van der Waals surface area contributed by atoms with Crippen molar-refractivity contribution in [2.45, 2.75) is 77.5 Å². The normalized spacial score (nSPS) is 46.3. The predicted molar refractivity (Wildman–Crippen MR) is 110 cm³/mol. The fraction of sp³-hybridized carbons (Fsp3) is 0.826. The van der Waals surface area contributed by atoms with Crippen LogP contribution in [0.25, 0.3) is 0 Å². The highest BCUT2D eigenvalue weighted by Gasteiger charge is 2.62. The number of fused-ring (bicyclic) bond motifs is 5. The highest BCUT2D eigenvalue weighted by Crippen LogP contribution is 2.65. The maximum absolute atomic E-state index is 13.1. The number of aliphatic hydroxyl groups excluding tert-OH is 2. The number of aliphatic hydroxyl groups is 2. The van der Waals surface area contributed by atoms with Crippen LogP contribution in [0.15, 0.2) is 12.2 Å². The zero-order valence-electron chi connectivity index (χ0n) is 18.1. The van der Waals surface area contributed by atoms with Crippen LogP contribution in [0, 0.1) is 34.5 Å². The van der Waals surface area contributed by atoms with E-state index in [0.717, 1.165) is 25.7 Å². The third kappa shape index (κ3) is 3.14. The molecule has 4 rings (SSSR count). The third-order valence-corrected chi connectivity index (χ3v) is 8.87. The topological polar surface area (TPSA) is 98.7 Å². The largest absolute Gasteiger partial charge is 0.394 e. The smallest absolute Gasteiger partial charge is 0.244 e. The first-order valence-corrected chi connectivity index (χ1v) is 11.1. The van der Waals surface area contributed by atoms with Crippen molar-refractivity contribution in [1.82, 2.24) is 10.6 Å². The van der Waals surface area contributed by atoms with Gasteiger partial charge in [0.1, 0.15) is 0 Å². The first kappa shape index (κ1) is 20.9. The van der Waals surface area contributed by atoms with Crippen LogP contribution in [0.2, 0.25) is 0 Å². The van der Waals surface area contributed by atoms with E-state index in [9.17, 15) is 19.8 Å². The van der Waals surface area contributed by atoms with E-state index in [1.807, 2.05) is 19.9 Å². The Labute approximate surface area is 173 Å². The molecule has 0 spiro atoms. The summed E-state index contributed by atoms with van der Waals surface area (Å²) in [6.07, 6.45) is 7.64. The monoisotopic (exact) mass is 404 g/mol. The van der Waals surface area contributed by atoms with Crippen LogP contribution in [0.3, 0.4) is 0 Å². The van der Waals surface area contributed by atoms with E-state index in [-0.39, 0.29) is 41.2 Å². The number of carbonyl (C=O) groups excluding carboxylic acids is 2. The minimum Gasteiger partial charge on any atom is -0.394 e. The van der Waals surface area contributed by atoms with Crippen LogP contribution in [-0.2, 0) is 9.59 Å². The first-order valence-electron chi connectivity index (χ1n) is 11.1. The number of hydrogen-bond donors (Lipinski definition) is 4. The van der Waals surface area contributed by atoms with E-state index in [0.29, 0.717) is 24.2 Å². The molecular weight excluding hydrogens is 368 g/mol. The summed E-state index contributed by atoms with van der Waals surface area (Å²) >= 11 is 0. The third-order valence-electron chi connectivity index (χ3n) is 8.87. The Hall–Kier alpha value is -1.40. The SMILES string of the molecule is CC(C)(CO)NC(=O)[C@H]1CC[C@H]2[C@@H]3C[C@H](O)[C@H]4NC(=O)C=C[C@]4(C)[C@H]3CC[C@]12C. The number of hydrogen-bond acceptors (Lipinski definition) is 4. The highest BCUT2D eigenvalue weighted by atomic mass is 16.3. The van der Waals surface area contributed by atoms with Crippen molar-refractivity contribution in [3.8, 4) is 0 Å². The molecule has 8 atom stereocenters. The molecule has 0 aromatic rings. The summed E-state index contributed by atoms with van der Waals surface area (Å²) in [6.45, 7) is 8.05. The molecule has 0 saturated heterocycles. The quantitative estimate of drug-likeness (QED) is 0.576. The van der Waals surface area contributed by atoms with Gasteiger partial charge in [-0.3, -0.25) is 9.59 Å². The van der Waals surface area contributed by atoms with Crippen molar-refractivity contribution in [2.75, 3.05) is 6.61 Å². The summed E-state index contributed by atoms with van der Waals surface area (Å²) in [7, 11) is 0. The second-order valence-electron chi connectivity index (χ2n) is 11.1. The maximum atomic E-state index is 13.1. The number of nitrogens with one attached hydrogen (secondary N) is 2. The van der Waals surface area contributed by atoms with Crippen LogP contribution in [-0.4, -0.2) is 46.3 Å². The van der Waals surface area contributed by atoms with Crippen molar-refractivity contribution in [2.24, 2.45) is 34.5 Å². The van der Waals surface area contributed by atoms with Crippen molar-refractivity contribution in [3.05, 3.63) is 12.2 Å². The molecule has 4 N–H and O–H groups in total. The molecule has 162 valence electrons. The van der Waals surface area contributed by atoms with Crippen molar-refractivity contribution < 1.29 is 19.8 Å². The molecule has 1 heterocycles. The first-order chi connectivity index (χ1) is 13.5. The van der Waals surface area contributed by atoms with Gasteiger partial charge in [-0.05, 0) is 75.2 Å². The molecule has 29 heavy (non-hydrogen) atoms. The molecule has 3 saturated carbocycles. The molecule has 6 heteroatoms. The van der Waals surface area contributed by atoms with Gasteiger partial charge in [0.15, 0.2) is 0 Å². The van der Waals surface area contributed by atoms with Gasteiger partial charge in [-0.1, -0.05) is 19.9 Å². The lowest BCUT2D eigenvalue weighted by atomic mass is 9.47. The molecule has 0 unspecified atom stereocenters. The predicted octanol–water partition coefficient (Wildman–Crippen LogP) is 1.76. The average molecular weight is 405 g/mol. The molecule has 0 aromatic carbocycles. The van der Waals surface area contributed by atoms with Gasteiger partial charge in [-0.25, -0.2) is 0 Å². The van der Waals surface area contributed by atoms with Crippen LogP contribution < -0.4 is 10.6 Å². The second kappa shape index (κ2) is 6.81. The Bertz CT molecular complexity index is 734. The fourth-order valence-electron chi connectivity index (χ4n) is 7.28. The lowest BCUT2D eigenvalue weighted by Gasteiger charge is -2.60. The molecule has 0 aromatic heterocycles. The highest BCUT2D eigenvalue weighted by molar-refractivity contribution is 5.89. The minimum absolute atomic E-state index is 0.0523. The van der Waals surface area contributed by atoms with Gasteiger partial charge in [-0.2, -0.15) is 0 Å². The van der Waals surface area contributed by atoms with Crippen LogP contribution in [0.1, 0.15) is 59.8 Å². The summed E-state index contributed by atoms with van der Waals surface area (Å²) in [5.41, 5.74) is -0.937. The summed E-state index contributed by atoms with van der Waals surface area (Å²) in [4.78, 5) is 25.0. The van der Waals surface area contributed by atoms with Gasteiger partial charge in [0.25, 0.3) is 0 Å². The Kier molecular flexibility index (Phi) is 4.90. The summed E-state index contributed by atoms with van der Waals surface area (Å²) < 4.78 is 0. The number of carbonyl (C=O) groups is 2. The molecule has 3 aliphatic carbocycles. The van der Waals surface area contributed by atoms with Gasteiger partial charge in [0.05, 0.1) is 24.3 Å². The van der Waals surface area contributed by atoms with Gasteiger partial charge in [-0.15, -0.1) is 0 Å². The standard InChI is InChI=1S/C23H36N2O4/c1-21(2,12-26)25-20(29)16-6-5-14-13-11-17(27)19-23(4,10-8-18(28)24-19)15(13)7-9-22(14,16)3/h8,10,13-17,19,26-27H,5-7,9,11-12H2,1-4H3,(H,24,28)(H,25,29)/t13-,14-,15-,16+,17-,19+,22-,23+/m0/s1. The molecular formula is C23H36N2O4. The van der Waals surface area contributed by atoms with E-state index >= 15 is 0 Å². The molecule has 0 radical (unpaired) electrons. The molecule has 0 bridgehead atoms. The van der Waals surface area contributed by atoms with Crippen LogP contribution >= 0.6 is 0 Å². The van der Waals surface area contributed by atoms with Gasteiger partial charge in [0.2, 0.25) is 11.8 Å². The lowest BCUT2D eigenvalue weighted by Crippen LogP contribution is -2.64. The zero-order valence-corrected chi connectivity index (χ0v) is 18.1. The zero-order chi connectivity index (χ0) is 21.2. The Morgan fingerprint density at radius 2 is 2.00 bits per heavy atom. The fourth-order valence-corrected chi connectivity index (χ4v) is 7.28. The molecule has 1 aliphatic heterocycles. The number of rotatable bonds is 3. The van der Waals surface area contributed by atoms with Crippen molar-refractivity contribution in [3.63, 3.8) is 0 Å². The van der Waals surface area contributed by atoms with E-state index in [2.05, 4.69) is 24.5 Å². The van der Waals surface area contributed by atoms with Crippen LogP contribution in [0.4, 0.5) is 0 Å². The number of amides is 2. The van der Waals surface area contributed by atoms with E-state index in [1.54, 1.807) is 6.08 Å². The van der Waals surface area contributed by atoms with E-state index in [4.69, 9.17) is 0 Å². The van der Waals surface area contributed by atoms with E-state index < -0.39 is 11.6 Å². The molecule has 3 fully saturated rings. The summed E-state index contributed by atoms with van der Waals surface area (Å²) in [6, 6.07) is -0.226. The van der Waals surface area contributed by atoms with Gasteiger partial charge < -0.3 is 20.8 Å². The van der Waals surface area contributed by atoms with Crippen molar-refractivity contribution >= 4 is 11.8 Å².